The summed E-state index contributed by atoms with van der Waals surface area (Å²) in [7, 11) is 0.636. The standard InChI is InChI=1S/C10H7ClF3NO3S/c1-2-6-3-4-7(5-15)8(18-10(12,13)14)9(6)19(11,16)17/h3-4H,2H2,1H3. The van der Waals surface area contributed by atoms with Gasteiger partial charge in [-0.15, -0.1) is 13.2 Å². The van der Waals surface area contributed by atoms with Crippen LogP contribution in [0.25, 0.3) is 0 Å². The number of ether oxygens (including phenoxy) is 1. The van der Waals surface area contributed by atoms with Gasteiger partial charge in [0.05, 0.1) is 5.56 Å². The maximum Gasteiger partial charge on any atom is 0.573 e. The Hall–Kier alpha value is -1.46. The summed E-state index contributed by atoms with van der Waals surface area (Å²) in [4.78, 5) is -0.826. The predicted molar refractivity (Wildman–Crippen MR) is 60.3 cm³/mol. The summed E-state index contributed by atoms with van der Waals surface area (Å²) in [5.41, 5.74) is -0.526. The molecule has 0 heterocycles. The number of nitrogens with zero attached hydrogens (tertiary/aromatic N) is 1. The highest BCUT2D eigenvalue weighted by Gasteiger charge is 2.36. The summed E-state index contributed by atoms with van der Waals surface area (Å²) < 4.78 is 63.3. The first kappa shape index (κ1) is 15.6. The molecule has 0 amide bonds. The third-order valence-electron chi connectivity index (χ3n) is 2.16. The zero-order valence-corrected chi connectivity index (χ0v) is 11.0. The highest BCUT2D eigenvalue weighted by atomic mass is 35.7. The largest absolute Gasteiger partial charge is 0.573 e. The molecule has 19 heavy (non-hydrogen) atoms. The Bertz CT molecular complexity index is 635. The molecule has 1 aromatic carbocycles. The van der Waals surface area contributed by atoms with Gasteiger partial charge in [-0.25, -0.2) is 8.42 Å². The van der Waals surface area contributed by atoms with Gasteiger partial charge in [0.2, 0.25) is 0 Å². The maximum atomic E-state index is 12.3. The Labute approximate surface area is 111 Å². The molecular formula is C10H7ClF3NO3S. The van der Waals surface area contributed by atoms with E-state index >= 15 is 0 Å². The van der Waals surface area contributed by atoms with E-state index in [0.29, 0.717) is 0 Å². The van der Waals surface area contributed by atoms with Crippen molar-refractivity contribution in [1.29, 1.82) is 5.26 Å². The van der Waals surface area contributed by atoms with Gasteiger partial charge in [-0.05, 0) is 18.1 Å². The lowest BCUT2D eigenvalue weighted by Crippen LogP contribution is -2.20. The lowest BCUT2D eigenvalue weighted by atomic mass is 10.1. The number of benzene rings is 1. The molecule has 0 N–H and O–H groups in total. The van der Waals surface area contributed by atoms with Gasteiger partial charge >= 0.3 is 6.36 Å². The first-order valence-corrected chi connectivity index (χ1v) is 7.17. The molecule has 1 aromatic rings. The maximum absolute atomic E-state index is 12.3. The number of hydrogen-bond donors (Lipinski definition) is 0. The van der Waals surface area contributed by atoms with E-state index in [4.69, 9.17) is 15.9 Å². The summed E-state index contributed by atoms with van der Waals surface area (Å²) in [6, 6.07) is 3.70. The summed E-state index contributed by atoms with van der Waals surface area (Å²) in [6.07, 6.45) is -5.02. The second kappa shape index (κ2) is 5.27. The fourth-order valence-electron chi connectivity index (χ4n) is 1.45. The molecule has 1 rings (SSSR count). The molecule has 9 heteroatoms. The van der Waals surface area contributed by atoms with Crippen LogP contribution in [0.3, 0.4) is 0 Å². The number of alkyl halides is 3. The van der Waals surface area contributed by atoms with Gasteiger partial charge in [0.1, 0.15) is 11.0 Å². The summed E-state index contributed by atoms with van der Waals surface area (Å²) >= 11 is 0. The van der Waals surface area contributed by atoms with Gasteiger partial charge in [-0.3, -0.25) is 0 Å². The van der Waals surface area contributed by atoms with Crippen LogP contribution in [0.4, 0.5) is 13.2 Å². The second-order valence-corrected chi connectivity index (χ2v) is 5.88. The minimum absolute atomic E-state index is 0.0354. The third kappa shape index (κ3) is 3.75. The Balaban J connectivity index is 3.69. The molecule has 0 unspecified atom stereocenters. The SMILES string of the molecule is CCc1ccc(C#N)c(OC(F)(F)F)c1S(=O)(=O)Cl. The molecule has 0 aliphatic rings. The van der Waals surface area contributed by atoms with Crippen molar-refractivity contribution < 1.29 is 26.3 Å². The lowest BCUT2D eigenvalue weighted by molar-refractivity contribution is -0.275. The van der Waals surface area contributed by atoms with Crippen molar-refractivity contribution in [2.75, 3.05) is 0 Å². The highest BCUT2D eigenvalue weighted by molar-refractivity contribution is 8.13. The summed E-state index contributed by atoms with van der Waals surface area (Å²) in [5.74, 6) is -1.09. The molecule has 0 aliphatic heterocycles. The zero-order valence-electron chi connectivity index (χ0n) is 9.45. The molecule has 0 spiro atoms. The molecular weight excluding hydrogens is 307 g/mol. The topological polar surface area (TPSA) is 67.2 Å². The van der Waals surface area contributed by atoms with Crippen molar-refractivity contribution in [2.24, 2.45) is 0 Å². The van der Waals surface area contributed by atoms with E-state index < -0.39 is 31.6 Å². The quantitative estimate of drug-likeness (QED) is 0.805. The first-order valence-electron chi connectivity index (χ1n) is 4.86. The number of hydrogen-bond acceptors (Lipinski definition) is 4. The number of halogens is 4. The van der Waals surface area contributed by atoms with Crippen LogP contribution in [0.15, 0.2) is 17.0 Å². The summed E-state index contributed by atoms with van der Waals surface area (Å²) in [6.45, 7) is 1.53. The molecule has 0 bridgehead atoms. The average molecular weight is 314 g/mol. The van der Waals surface area contributed by atoms with Crippen molar-refractivity contribution in [3.05, 3.63) is 23.3 Å². The molecule has 0 aromatic heterocycles. The number of rotatable bonds is 3. The van der Waals surface area contributed by atoms with Crippen LogP contribution < -0.4 is 4.74 Å². The second-order valence-electron chi connectivity index (χ2n) is 3.38. The Morgan fingerprint density at radius 2 is 2.00 bits per heavy atom. The van der Waals surface area contributed by atoms with E-state index in [1.807, 2.05) is 0 Å². The average Bonchev–Trinajstić information content (AvgIpc) is 2.24. The van der Waals surface area contributed by atoms with Gasteiger partial charge in [-0.1, -0.05) is 13.0 Å². The monoisotopic (exact) mass is 313 g/mol. The molecule has 0 saturated heterocycles. The van der Waals surface area contributed by atoms with Crippen LogP contribution in [0.5, 0.6) is 5.75 Å². The van der Waals surface area contributed by atoms with E-state index in [1.54, 1.807) is 0 Å². The van der Waals surface area contributed by atoms with Crippen molar-refractivity contribution in [3.8, 4) is 11.8 Å². The Morgan fingerprint density at radius 3 is 2.37 bits per heavy atom. The van der Waals surface area contributed by atoms with Crippen LogP contribution in [0, 0.1) is 11.3 Å². The smallest absolute Gasteiger partial charge is 0.403 e. The van der Waals surface area contributed by atoms with Gasteiger partial charge in [-0.2, -0.15) is 5.26 Å². The third-order valence-corrected chi connectivity index (χ3v) is 3.55. The fraction of sp³-hybridized carbons (Fsp3) is 0.300. The molecule has 0 saturated carbocycles. The number of aryl methyl sites for hydroxylation is 1. The van der Waals surface area contributed by atoms with E-state index in [-0.39, 0.29) is 12.0 Å². The summed E-state index contributed by atoms with van der Waals surface area (Å²) in [5, 5.41) is 8.73. The van der Waals surface area contributed by atoms with Crippen LogP contribution >= 0.6 is 10.7 Å². The van der Waals surface area contributed by atoms with Crippen LogP contribution in [0.1, 0.15) is 18.1 Å². The molecule has 0 radical (unpaired) electrons. The molecule has 104 valence electrons. The van der Waals surface area contributed by atoms with Crippen molar-refractivity contribution in [3.63, 3.8) is 0 Å². The number of nitriles is 1. The van der Waals surface area contributed by atoms with Crippen molar-refractivity contribution in [1.82, 2.24) is 0 Å². The van der Waals surface area contributed by atoms with E-state index in [0.717, 1.165) is 6.07 Å². The Kier molecular flexibility index (Phi) is 4.32. The van der Waals surface area contributed by atoms with Gasteiger partial charge in [0, 0.05) is 10.7 Å². The Morgan fingerprint density at radius 1 is 1.42 bits per heavy atom. The van der Waals surface area contributed by atoms with E-state index in [2.05, 4.69) is 4.74 Å². The van der Waals surface area contributed by atoms with Crippen LogP contribution in [0.2, 0.25) is 0 Å². The highest BCUT2D eigenvalue weighted by Crippen LogP contribution is 2.37. The zero-order chi connectivity index (χ0) is 14.8. The van der Waals surface area contributed by atoms with Gasteiger partial charge in [0.15, 0.2) is 5.75 Å². The molecule has 0 atom stereocenters. The van der Waals surface area contributed by atoms with Gasteiger partial charge in [0.25, 0.3) is 9.05 Å². The predicted octanol–water partition coefficient (Wildman–Crippen LogP) is 2.95. The van der Waals surface area contributed by atoms with Gasteiger partial charge < -0.3 is 4.74 Å². The molecule has 0 fully saturated rings. The van der Waals surface area contributed by atoms with Crippen LogP contribution in [-0.2, 0) is 15.5 Å². The lowest BCUT2D eigenvalue weighted by Gasteiger charge is -2.15. The van der Waals surface area contributed by atoms with E-state index in [9.17, 15) is 21.6 Å². The first-order chi connectivity index (χ1) is 8.60. The normalized spacial score (nSPS) is 12.0. The van der Waals surface area contributed by atoms with Crippen molar-refractivity contribution in [2.45, 2.75) is 24.6 Å². The molecule has 0 aliphatic carbocycles. The molecule has 4 nitrogen and oxygen atoms in total. The van der Waals surface area contributed by atoms with Crippen molar-refractivity contribution >= 4 is 19.7 Å². The fourth-order valence-corrected chi connectivity index (χ4v) is 2.86. The van der Waals surface area contributed by atoms with E-state index in [1.165, 1.54) is 19.1 Å². The minimum atomic E-state index is -5.13. The minimum Gasteiger partial charge on any atom is -0.403 e. The van der Waals surface area contributed by atoms with Crippen LogP contribution in [-0.4, -0.2) is 14.8 Å².